The van der Waals surface area contributed by atoms with Crippen LogP contribution in [0.5, 0.6) is 0 Å². The van der Waals surface area contributed by atoms with Gasteiger partial charge in [0.1, 0.15) is 6.54 Å². The number of amides is 4. The summed E-state index contributed by atoms with van der Waals surface area (Å²) < 4.78 is 0. The monoisotopic (exact) mass is 277 g/mol. The molecule has 0 bridgehead atoms. The van der Waals surface area contributed by atoms with Crippen molar-refractivity contribution in [2.24, 2.45) is 0 Å². The molecular formula is C12H11N3O5. The van der Waals surface area contributed by atoms with Crippen LogP contribution >= 0.6 is 0 Å². The van der Waals surface area contributed by atoms with Gasteiger partial charge in [-0.3, -0.25) is 19.3 Å². The molecule has 2 rings (SSSR count). The van der Waals surface area contributed by atoms with Crippen LogP contribution in [-0.2, 0) is 4.79 Å². The number of carbonyl (C=O) groups is 4. The van der Waals surface area contributed by atoms with E-state index in [-0.39, 0.29) is 11.1 Å². The van der Waals surface area contributed by atoms with E-state index in [1.54, 1.807) is 0 Å². The van der Waals surface area contributed by atoms with Gasteiger partial charge >= 0.3 is 12.0 Å². The molecule has 0 aliphatic carbocycles. The molecule has 0 radical (unpaired) electrons. The summed E-state index contributed by atoms with van der Waals surface area (Å²) in [5.41, 5.74) is 0.769. The van der Waals surface area contributed by atoms with Gasteiger partial charge < -0.3 is 15.7 Å². The first-order valence-electron chi connectivity index (χ1n) is 5.63. The van der Waals surface area contributed by atoms with Crippen molar-refractivity contribution in [1.29, 1.82) is 0 Å². The summed E-state index contributed by atoms with van der Waals surface area (Å²) in [6, 6.07) is 3.56. The number of rotatable bonds is 3. The van der Waals surface area contributed by atoms with E-state index >= 15 is 0 Å². The lowest BCUT2D eigenvalue weighted by Gasteiger charge is -2.06. The van der Waals surface area contributed by atoms with Crippen molar-refractivity contribution < 1.29 is 24.3 Å². The molecule has 0 spiro atoms. The topological polar surface area (TPSA) is 116 Å². The Morgan fingerprint density at radius 3 is 2.50 bits per heavy atom. The summed E-state index contributed by atoms with van der Waals surface area (Å²) in [6.45, 7) is -0.517. The first kappa shape index (κ1) is 13.5. The number of carboxylic acids is 1. The zero-order valence-electron chi connectivity index (χ0n) is 10.5. The Bertz CT molecular complexity index is 626. The highest BCUT2D eigenvalue weighted by molar-refractivity contribution is 6.21. The van der Waals surface area contributed by atoms with Gasteiger partial charge in [-0.2, -0.15) is 0 Å². The molecular weight excluding hydrogens is 266 g/mol. The fraction of sp³-hybridized carbons (Fsp3) is 0.167. The number of carboxylic acid groups (broad SMARTS) is 1. The maximum absolute atomic E-state index is 11.8. The number of nitrogens with one attached hydrogen (secondary N) is 2. The molecule has 104 valence electrons. The Morgan fingerprint density at radius 1 is 1.20 bits per heavy atom. The van der Waals surface area contributed by atoms with E-state index in [1.165, 1.54) is 25.2 Å². The SMILES string of the molecule is CN1C(=O)c2ccc(NC(=O)NCC(=O)O)cc2C1=O. The van der Waals surface area contributed by atoms with Gasteiger partial charge in [0.05, 0.1) is 11.1 Å². The van der Waals surface area contributed by atoms with Gasteiger partial charge in [0, 0.05) is 12.7 Å². The van der Waals surface area contributed by atoms with Crippen LogP contribution in [0.3, 0.4) is 0 Å². The highest BCUT2D eigenvalue weighted by atomic mass is 16.4. The fourth-order valence-electron chi connectivity index (χ4n) is 1.77. The van der Waals surface area contributed by atoms with Gasteiger partial charge in [-0.1, -0.05) is 0 Å². The normalized spacial score (nSPS) is 13.2. The van der Waals surface area contributed by atoms with Crippen molar-refractivity contribution >= 4 is 29.5 Å². The maximum atomic E-state index is 11.8. The average molecular weight is 277 g/mol. The minimum absolute atomic E-state index is 0.202. The summed E-state index contributed by atoms with van der Waals surface area (Å²) in [5, 5.41) is 12.9. The predicted octanol–water partition coefficient (Wildman–Crippen LogP) is 0.118. The van der Waals surface area contributed by atoms with Crippen molar-refractivity contribution in [3.8, 4) is 0 Å². The molecule has 1 aromatic carbocycles. The molecule has 1 heterocycles. The molecule has 0 aromatic heterocycles. The summed E-state index contributed by atoms with van der Waals surface area (Å²) in [4.78, 5) is 46.1. The Morgan fingerprint density at radius 2 is 1.85 bits per heavy atom. The van der Waals surface area contributed by atoms with Crippen molar-refractivity contribution in [3.63, 3.8) is 0 Å². The Labute approximate surface area is 113 Å². The molecule has 20 heavy (non-hydrogen) atoms. The van der Waals surface area contributed by atoms with Crippen LogP contribution < -0.4 is 10.6 Å². The summed E-state index contributed by atoms with van der Waals surface area (Å²) in [5.74, 6) is -2.01. The van der Waals surface area contributed by atoms with E-state index in [2.05, 4.69) is 10.6 Å². The van der Waals surface area contributed by atoms with Crippen LogP contribution in [0, 0.1) is 0 Å². The number of carbonyl (C=O) groups excluding carboxylic acids is 3. The second kappa shape index (κ2) is 5.00. The summed E-state index contributed by atoms with van der Waals surface area (Å²) in [7, 11) is 1.37. The molecule has 0 saturated carbocycles. The first-order chi connectivity index (χ1) is 9.40. The number of anilines is 1. The van der Waals surface area contributed by atoms with Gasteiger partial charge in [-0.25, -0.2) is 4.79 Å². The number of hydrogen-bond acceptors (Lipinski definition) is 4. The lowest BCUT2D eigenvalue weighted by atomic mass is 10.1. The lowest BCUT2D eigenvalue weighted by molar-refractivity contribution is -0.135. The van der Waals surface area contributed by atoms with E-state index in [4.69, 9.17) is 5.11 Å². The van der Waals surface area contributed by atoms with E-state index in [0.29, 0.717) is 5.69 Å². The van der Waals surface area contributed by atoms with E-state index in [9.17, 15) is 19.2 Å². The number of fused-ring (bicyclic) bond motifs is 1. The van der Waals surface area contributed by atoms with Gasteiger partial charge in [0.2, 0.25) is 0 Å². The number of benzene rings is 1. The van der Waals surface area contributed by atoms with E-state index < -0.39 is 30.4 Å². The lowest BCUT2D eigenvalue weighted by Crippen LogP contribution is -2.33. The van der Waals surface area contributed by atoms with Gasteiger partial charge in [-0.05, 0) is 18.2 Å². The van der Waals surface area contributed by atoms with Crippen molar-refractivity contribution in [2.45, 2.75) is 0 Å². The van der Waals surface area contributed by atoms with Gasteiger partial charge in [0.15, 0.2) is 0 Å². The molecule has 1 aliphatic rings. The van der Waals surface area contributed by atoms with Gasteiger partial charge in [-0.15, -0.1) is 0 Å². The van der Waals surface area contributed by atoms with Crippen LogP contribution in [0.1, 0.15) is 20.7 Å². The van der Waals surface area contributed by atoms with Crippen molar-refractivity contribution in [1.82, 2.24) is 10.2 Å². The van der Waals surface area contributed by atoms with Crippen LogP contribution in [-0.4, -0.2) is 47.4 Å². The number of urea groups is 1. The molecule has 0 saturated heterocycles. The smallest absolute Gasteiger partial charge is 0.323 e. The summed E-state index contributed by atoms with van der Waals surface area (Å²) in [6.07, 6.45) is 0. The van der Waals surface area contributed by atoms with Crippen LogP contribution in [0.15, 0.2) is 18.2 Å². The third-order valence-corrected chi connectivity index (χ3v) is 2.75. The third-order valence-electron chi connectivity index (χ3n) is 2.75. The molecule has 0 unspecified atom stereocenters. The zero-order valence-corrected chi connectivity index (χ0v) is 10.5. The first-order valence-corrected chi connectivity index (χ1v) is 5.63. The largest absolute Gasteiger partial charge is 0.480 e. The standard InChI is InChI=1S/C12H11N3O5/c1-15-10(18)7-3-2-6(4-8(7)11(15)19)14-12(20)13-5-9(16)17/h2-4H,5H2,1H3,(H,16,17)(H2,13,14,20). The van der Waals surface area contributed by atoms with Gasteiger partial charge in [0.25, 0.3) is 11.8 Å². The minimum atomic E-state index is -1.17. The number of imide groups is 1. The van der Waals surface area contributed by atoms with E-state index in [0.717, 1.165) is 4.90 Å². The average Bonchev–Trinajstić information content (AvgIpc) is 2.62. The van der Waals surface area contributed by atoms with Crippen molar-refractivity contribution in [2.75, 3.05) is 18.9 Å². The molecule has 1 aliphatic heterocycles. The molecule has 0 fully saturated rings. The van der Waals surface area contributed by atoms with Crippen LogP contribution in [0.4, 0.5) is 10.5 Å². The zero-order chi connectivity index (χ0) is 14.9. The van der Waals surface area contributed by atoms with Crippen molar-refractivity contribution in [3.05, 3.63) is 29.3 Å². The Balaban J connectivity index is 2.13. The van der Waals surface area contributed by atoms with E-state index in [1.807, 2.05) is 0 Å². The highest BCUT2D eigenvalue weighted by Crippen LogP contribution is 2.24. The molecule has 8 nitrogen and oxygen atoms in total. The number of hydrogen-bond donors (Lipinski definition) is 3. The molecule has 3 N–H and O–H groups in total. The van der Waals surface area contributed by atoms with Crippen LogP contribution in [0.25, 0.3) is 0 Å². The Hall–Kier alpha value is -2.90. The molecule has 4 amide bonds. The molecule has 0 atom stereocenters. The number of nitrogens with zero attached hydrogens (tertiary/aromatic N) is 1. The maximum Gasteiger partial charge on any atom is 0.323 e. The molecule has 1 aromatic rings. The fourth-order valence-corrected chi connectivity index (χ4v) is 1.77. The summed E-state index contributed by atoms with van der Waals surface area (Å²) >= 11 is 0. The highest BCUT2D eigenvalue weighted by Gasteiger charge is 2.32. The Kier molecular flexibility index (Phi) is 3.38. The quantitative estimate of drug-likeness (QED) is 0.678. The second-order valence-corrected chi connectivity index (χ2v) is 4.13. The second-order valence-electron chi connectivity index (χ2n) is 4.13. The van der Waals surface area contributed by atoms with Crippen LogP contribution in [0.2, 0.25) is 0 Å². The predicted molar refractivity (Wildman–Crippen MR) is 67.5 cm³/mol. The molecule has 8 heteroatoms. The third kappa shape index (κ3) is 2.44. The minimum Gasteiger partial charge on any atom is -0.480 e. The number of aliphatic carboxylic acids is 1.